The first-order chi connectivity index (χ1) is 16.6. The summed E-state index contributed by atoms with van der Waals surface area (Å²) in [5, 5.41) is 0.816. The molecule has 0 aromatic rings. The fourth-order valence-corrected chi connectivity index (χ4v) is 13.1. The molecule has 36 heavy (non-hydrogen) atoms. The van der Waals surface area contributed by atoms with Gasteiger partial charge in [-0.2, -0.15) is 21.6 Å². The molecule has 1 aliphatic heterocycles. The number of alkyl halides is 3. The molecule has 0 spiro atoms. The van der Waals surface area contributed by atoms with Gasteiger partial charge in [-0.1, -0.05) is 40.0 Å². The van der Waals surface area contributed by atoms with Crippen molar-refractivity contribution in [3.8, 4) is 0 Å². The van der Waals surface area contributed by atoms with E-state index in [-0.39, 0.29) is 4.31 Å². The molecule has 1 unspecified atom stereocenters. The van der Waals surface area contributed by atoms with Gasteiger partial charge in [0.25, 0.3) is 0 Å². The average Bonchev–Trinajstić information content (AvgIpc) is 2.76. The molecule has 0 amide bonds. The molecule has 0 saturated carbocycles. The largest absolute Gasteiger partial charge is 0.516 e. The Hall–Kier alpha value is -0.400. The monoisotopic (exact) mass is 578 g/mol. The predicted octanol–water partition coefficient (Wildman–Crippen LogP) is 8.34. The minimum Gasteiger partial charge on any atom is -0.304 e. The first-order valence-electron chi connectivity index (χ1n) is 12.9. The Morgan fingerprint density at radius 3 is 1.69 bits per heavy atom. The molecular formula is C24H45F3NO5P2S+. The lowest BCUT2D eigenvalue weighted by Gasteiger charge is -2.38. The quantitative estimate of drug-likeness (QED) is 0.172. The Morgan fingerprint density at radius 1 is 0.944 bits per heavy atom. The third-order valence-corrected chi connectivity index (χ3v) is 15.0. The Balaban J connectivity index is 3.86. The fraction of sp³-hybridized carbons (Fsp3) is 0.833. The Kier molecular flexibility index (Phi) is 13.2. The van der Waals surface area contributed by atoms with Crippen molar-refractivity contribution in [2.45, 2.75) is 110 Å². The highest BCUT2D eigenvalue weighted by atomic mass is 32.2. The zero-order valence-electron chi connectivity index (χ0n) is 22.8. The van der Waals surface area contributed by atoms with Gasteiger partial charge in [0, 0.05) is 13.5 Å². The van der Waals surface area contributed by atoms with Gasteiger partial charge in [-0.15, -0.1) is 0 Å². The maximum Gasteiger partial charge on any atom is 0.516 e. The van der Waals surface area contributed by atoms with E-state index >= 15 is 0 Å². The van der Waals surface area contributed by atoms with E-state index in [1.165, 1.54) is 12.2 Å². The molecule has 0 bridgehead atoms. The normalized spacial score (nSPS) is 17.8. The van der Waals surface area contributed by atoms with Gasteiger partial charge in [0.15, 0.2) is 5.78 Å². The fourth-order valence-electron chi connectivity index (χ4n) is 4.25. The molecule has 1 aliphatic rings. The van der Waals surface area contributed by atoms with Crippen molar-refractivity contribution in [1.29, 1.82) is 0 Å². The van der Waals surface area contributed by atoms with Gasteiger partial charge in [-0.05, 0) is 59.1 Å². The lowest BCUT2D eigenvalue weighted by atomic mass is 10.4. The summed E-state index contributed by atoms with van der Waals surface area (Å²) in [4.78, 5) is 0. The van der Waals surface area contributed by atoms with Gasteiger partial charge in [-0.3, -0.25) is 8.87 Å². The van der Waals surface area contributed by atoms with Crippen LogP contribution in [0.5, 0.6) is 0 Å². The Labute approximate surface area is 217 Å². The highest BCUT2D eigenvalue weighted by Crippen LogP contribution is 2.70. The van der Waals surface area contributed by atoms with Crippen LogP contribution in [0, 0.1) is 0 Å². The summed E-state index contributed by atoms with van der Waals surface area (Å²) < 4.78 is 91.8. The summed E-state index contributed by atoms with van der Waals surface area (Å²) in [6.07, 6.45) is 11.1. The van der Waals surface area contributed by atoms with Crippen molar-refractivity contribution in [3.63, 3.8) is 0 Å². The second-order valence-electron chi connectivity index (χ2n) is 9.83. The lowest BCUT2D eigenvalue weighted by molar-refractivity contribution is -0.0479. The van der Waals surface area contributed by atoms with Crippen molar-refractivity contribution in [3.05, 3.63) is 23.7 Å². The first-order valence-corrected chi connectivity index (χ1v) is 18.3. The molecule has 1 atom stereocenters. The summed E-state index contributed by atoms with van der Waals surface area (Å²) in [6.45, 7) is 12.6. The summed E-state index contributed by atoms with van der Waals surface area (Å²) in [7, 11) is -12.1. The number of hydrogen-bond donors (Lipinski definition) is 0. The summed E-state index contributed by atoms with van der Waals surface area (Å²) in [5.74, 6) is -1.74. The Morgan fingerprint density at radius 2 is 1.36 bits per heavy atom. The van der Waals surface area contributed by atoms with Crippen molar-refractivity contribution >= 4 is 24.9 Å². The van der Waals surface area contributed by atoms with E-state index < -0.39 is 48.4 Å². The van der Waals surface area contributed by atoms with E-state index in [4.69, 9.17) is 9.05 Å². The van der Waals surface area contributed by atoms with Gasteiger partial charge in [0.1, 0.15) is 0 Å². The van der Waals surface area contributed by atoms with Gasteiger partial charge in [0.2, 0.25) is 0 Å². The molecule has 0 saturated heterocycles. The van der Waals surface area contributed by atoms with Crippen LogP contribution in [-0.2, 0) is 23.6 Å². The predicted molar refractivity (Wildman–Crippen MR) is 144 cm³/mol. The molecule has 0 fully saturated rings. The maximum atomic E-state index is 14.1. The van der Waals surface area contributed by atoms with Crippen LogP contribution in [-0.4, -0.2) is 54.7 Å². The van der Waals surface area contributed by atoms with E-state index in [0.29, 0.717) is 0 Å². The number of sulfonamides is 1. The highest BCUT2D eigenvalue weighted by Gasteiger charge is 2.57. The third-order valence-electron chi connectivity index (χ3n) is 5.95. The number of unbranched alkanes of at least 4 members (excludes halogenated alkanes) is 3. The van der Waals surface area contributed by atoms with E-state index in [2.05, 4.69) is 20.8 Å². The van der Waals surface area contributed by atoms with E-state index in [9.17, 15) is 26.2 Å². The number of rotatable bonds is 16. The molecule has 1 rings (SSSR count). The van der Waals surface area contributed by atoms with E-state index in [1.807, 2.05) is 0 Å². The second kappa shape index (κ2) is 14.1. The minimum atomic E-state index is -5.84. The van der Waals surface area contributed by atoms with Crippen molar-refractivity contribution < 1.29 is 35.2 Å². The zero-order valence-corrected chi connectivity index (χ0v) is 25.4. The molecule has 6 nitrogen and oxygen atoms in total. The number of halogens is 3. The van der Waals surface area contributed by atoms with Crippen molar-refractivity contribution in [2.24, 2.45) is 0 Å². The van der Waals surface area contributed by atoms with Gasteiger partial charge in [0.05, 0.1) is 36.0 Å². The third kappa shape index (κ3) is 8.56. The van der Waals surface area contributed by atoms with Crippen LogP contribution in [0.25, 0.3) is 0 Å². The first kappa shape index (κ1) is 33.6. The van der Waals surface area contributed by atoms with Crippen LogP contribution >= 0.6 is 14.9 Å². The van der Waals surface area contributed by atoms with Gasteiger partial charge >= 0.3 is 23.1 Å². The summed E-state index contributed by atoms with van der Waals surface area (Å²) in [5.41, 5.74) is -5.57. The number of nitrogens with zero attached hydrogens (tertiary/aromatic N) is 1. The molecule has 0 N–H and O–H groups in total. The molecule has 0 aromatic heterocycles. The highest BCUT2D eigenvalue weighted by molar-refractivity contribution is 7.90. The molecular weight excluding hydrogens is 533 g/mol. The van der Waals surface area contributed by atoms with Gasteiger partial charge < -0.3 is 9.05 Å². The van der Waals surface area contributed by atoms with Crippen molar-refractivity contribution in [1.82, 2.24) is 4.31 Å². The molecule has 1 heterocycles. The van der Waals surface area contributed by atoms with E-state index in [0.717, 1.165) is 68.5 Å². The second-order valence-corrected chi connectivity index (χ2v) is 17.8. The van der Waals surface area contributed by atoms with Gasteiger partial charge in [-0.25, -0.2) is 0 Å². The van der Waals surface area contributed by atoms with Crippen LogP contribution < -0.4 is 0 Å². The average molecular weight is 579 g/mol. The summed E-state index contributed by atoms with van der Waals surface area (Å²) in [6, 6.07) is 0. The lowest BCUT2D eigenvalue weighted by Crippen LogP contribution is -2.44. The molecule has 0 radical (unpaired) electrons. The van der Waals surface area contributed by atoms with Crippen molar-refractivity contribution in [2.75, 3.05) is 18.5 Å². The summed E-state index contributed by atoms with van der Waals surface area (Å²) >= 11 is 0. The molecule has 12 heteroatoms. The van der Waals surface area contributed by atoms with Crippen LogP contribution in [0.15, 0.2) is 23.7 Å². The molecule has 0 aromatic carbocycles. The molecule has 0 aliphatic carbocycles. The number of hydrogen-bond acceptors (Lipinski definition) is 5. The standard InChI is InChI=1S/C24H45F3NO5P2S/c1-8-11-16-34(17-12-9-2,18-13-10-3)22-14-15-28(36(30,31)24(25,26)27)23(19-22)35(29,32-20(4)5)33-21(6)7/h14-15,19-21,23H,8-13,16-18H2,1-7H3/q+1. The minimum absolute atomic E-state index is 0.135. The smallest absolute Gasteiger partial charge is 0.304 e. The van der Waals surface area contributed by atoms with Crippen LogP contribution in [0.1, 0.15) is 87.0 Å². The number of allylic oxidation sites excluding steroid dienone is 2. The van der Waals surface area contributed by atoms with Crippen LogP contribution in [0.4, 0.5) is 13.2 Å². The van der Waals surface area contributed by atoms with Crippen LogP contribution in [0.3, 0.4) is 0 Å². The topological polar surface area (TPSA) is 72.9 Å². The zero-order chi connectivity index (χ0) is 27.8. The van der Waals surface area contributed by atoms with E-state index in [1.54, 1.807) is 27.7 Å². The SMILES string of the molecule is CCCC[P+](CCCC)(CCCC)C1=CC(P(=O)(OC(C)C)OC(C)C)N(S(=O)(=O)C(F)(F)F)C=C1. The van der Waals surface area contributed by atoms with Crippen LogP contribution in [0.2, 0.25) is 0 Å². The Bertz CT molecular complexity index is 868. The maximum absolute atomic E-state index is 14.1. The molecule has 212 valence electrons.